The van der Waals surface area contributed by atoms with Crippen LogP contribution in [0.1, 0.15) is 17.5 Å². The van der Waals surface area contributed by atoms with Crippen LogP contribution in [0.3, 0.4) is 0 Å². The van der Waals surface area contributed by atoms with Gasteiger partial charge in [-0.15, -0.1) is 0 Å². The summed E-state index contributed by atoms with van der Waals surface area (Å²) < 4.78 is 5.22. The highest BCUT2D eigenvalue weighted by Gasteiger charge is 2.48. The Hall–Kier alpha value is -2.04. The molecule has 0 aromatic heterocycles. The highest BCUT2D eigenvalue weighted by molar-refractivity contribution is 5.89. The number of hydrogen-bond donors (Lipinski definition) is 2. The Morgan fingerprint density at radius 2 is 2.16 bits per heavy atom. The number of nitrogens with one attached hydrogen (secondary N) is 1. The molecule has 5 nitrogen and oxygen atoms in total. The van der Waals surface area contributed by atoms with Crippen LogP contribution in [0.15, 0.2) is 18.2 Å². The largest absolute Gasteiger partial charge is 0.496 e. The first-order valence-electron chi connectivity index (χ1n) is 6.17. The van der Waals surface area contributed by atoms with E-state index >= 15 is 0 Å². The molecule has 1 aromatic carbocycles. The topological polar surface area (TPSA) is 75.6 Å². The molecule has 1 aliphatic carbocycles. The van der Waals surface area contributed by atoms with E-state index in [1.54, 1.807) is 7.11 Å². The number of hydrogen-bond acceptors (Lipinski definition) is 3. The minimum absolute atomic E-state index is 0.198. The lowest BCUT2D eigenvalue weighted by atomic mass is 10.1. The van der Waals surface area contributed by atoms with Crippen LogP contribution >= 0.6 is 0 Å². The van der Waals surface area contributed by atoms with Gasteiger partial charge < -0.3 is 15.2 Å². The summed E-state index contributed by atoms with van der Waals surface area (Å²) in [6, 6.07) is 5.74. The van der Waals surface area contributed by atoms with Gasteiger partial charge in [-0.1, -0.05) is 17.7 Å². The van der Waals surface area contributed by atoms with Crippen molar-refractivity contribution in [3.05, 3.63) is 29.3 Å². The minimum atomic E-state index is -0.895. The molecule has 1 saturated carbocycles. The maximum atomic E-state index is 11.8. The number of ether oxygens (including phenoxy) is 1. The van der Waals surface area contributed by atoms with Gasteiger partial charge in [-0.05, 0) is 19.4 Å². The van der Waals surface area contributed by atoms with Crippen LogP contribution in [0.5, 0.6) is 5.75 Å². The van der Waals surface area contributed by atoms with E-state index in [1.807, 2.05) is 25.1 Å². The normalized spacial score (nSPS) is 20.7. The number of carboxylic acids is 1. The maximum absolute atomic E-state index is 11.8. The summed E-state index contributed by atoms with van der Waals surface area (Å²) in [4.78, 5) is 22.5. The standard InChI is InChI=1S/C14H17NO4/c1-8-3-4-12(19-2)9(5-8)7-15-13(16)10-6-11(10)14(17)18/h3-5,10-11H,6-7H2,1-2H3,(H,15,16)(H,17,18). The molecule has 0 heterocycles. The van der Waals surface area contributed by atoms with Crippen molar-refractivity contribution in [1.29, 1.82) is 0 Å². The van der Waals surface area contributed by atoms with Crippen molar-refractivity contribution in [3.8, 4) is 5.75 Å². The third-order valence-corrected chi connectivity index (χ3v) is 3.33. The van der Waals surface area contributed by atoms with Crippen molar-refractivity contribution in [3.63, 3.8) is 0 Å². The number of carboxylic acid groups (broad SMARTS) is 1. The molecule has 0 bridgehead atoms. The van der Waals surface area contributed by atoms with Gasteiger partial charge in [-0.2, -0.15) is 0 Å². The van der Waals surface area contributed by atoms with Gasteiger partial charge in [0.15, 0.2) is 0 Å². The van der Waals surface area contributed by atoms with Crippen molar-refractivity contribution in [1.82, 2.24) is 5.32 Å². The first kappa shape index (κ1) is 13.4. The van der Waals surface area contributed by atoms with Gasteiger partial charge in [0.25, 0.3) is 0 Å². The molecule has 0 saturated heterocycles. The van der Waals surface area contributed by atoms with E-state index in [0.29, 0.717) is 13.0 Å². The van der Waals surface area contributed by atoms with E-state index in [-0.39, 0.29) is 11.8 Å². The summed E-state index contributed by atoms with van der Waals surface area (Å²) in [5, 5.41) is 11.5. The molecule has 2 N–H and O–H groups in total. The van der Waals surface area contributed by atoms with Gasteiger partial charge in [0.2, 0.25) is 5.91 Å². The van der Waals surface area contributed by atoms with Crippen LogP contribution in [0, 0.1) is 18.8 Å². The number of methoxy groups -OCH3 is 1. The summed E-state index contributed by atoms with van der Waals surface area (Å²) in [6.45, 7) is 2.32. The van der Waals surface area contributed by atoms with Gasteiger partial charge in [-0.3, -0.25) is 9.59 Å². The van der Waals surface area contributed by atoms with Gasteiger partial charge >= 0.3 is 5.97 Å². The van der Waals surface area contributed by atoms with Crippen molar-refractivity contribution in [2.75, 3.05) is 7.11 Å². The first-order valence-corrected chi connectivity index (χ1v) is 6.17. The van der Waals surface area contributed by atoms with Crippen LogP contribution in [-0.2, 0) is 16.1 Å². The lowest BCUT2D eigenvalue weighted by molar-refractivity contribution is -0.140. The molecule has 1 fully saturated rings. The Morgan fingerprint density at radius 1 is 1.42 bits per heavy atom. The number of aryl methyl sites for hydroxylation is 1. The molecule has 1 aromatic rings. The Kier molecular flexibility index (Phi) is 3.74. The quantitative estimate of drug-likeness (QED) is 0.840. The van der Waals surface area contributed by atoms with Crippen molar-refractivity contribution in [2.24, 2.45) is 11.8 Å². The summed E-state index contributed by atoms with van der Waals surface area (Å²) >= 11 is 0. The lowest BCUT2D eigenvalue weighted by Crippen LogP contribution is -2.26. The minimum Gasteiger partial charge on any atom is -0.496 e. The maximum Gasteiger partial charge on any atom is 0.307 e. The zero-order chi connectivity index (χ0) is 14.0. The summed E-state index contributed by atoms with van der Waals surface area (Å²) in [6.07, 6.45) is 0.437. The third-order valence-electron chi connectivity index (χ3n) is 3.33. The molecule has 5 heteroatoms. The number of rotatable bonds is 5. The number of aliphatic carboxylic acids is 1. The highest BCUT2D eigenvalue weighted by Crippen LogP contribution is 2.38. The zero-order valence-corrected chi connectivity index (χ0v) is 11.0. The number of amides is 1. The Balaban J connectivity index is 1.94. The Labute approximate surface area is 111 Å². The molecule has 2 rings (SSSR count). The molecule has 2 atom stereocenters. The van der Waals surface area contributed by atoms with Crippen molar-refractivity contribution in [2.45, 2.75) is 19.9 Å². The Bertz CT molecular complexity index is 512. The summed E-state index contributed by atoms with van der Waals surface area (Å²) in [5.74, 6) is -1.27. The number of benzene rings is 1. The predicted octanol–water partition coefficient (Wildman–Crippen LogP) is 1.34. The van der Waals surface area contributed by atoms with E-state index in [2.05, 4.69) is 5.32 Å². The smallest absolute Gasteiger partial charge is 0.307 e. The molecule has 2 unspecified atom stereocenters. The van der Waals surface area contributed by atoms with E-state index in [9.17, 15) is 9.59 Å². The van der Waals surface area contributed by atoms with Crippen molar-refractivity contribution < 1.29 is 19.4 Å². The van der Waals surface area contributed by atoms with Gasteiger partial charge in [0.1, 0.15) is 5.75 Å². The van der Waals surface area contributed by atoms with E-state index < -0.39 is 11.9 Å². The fourth-order valence-corrected chi connectivity index (χ4v) is 2.12. The van der Waals surface area contributed by atoms with E-state index in [0.717, 1.165) is 16.9 Å². The fourth-order valence-electron chi connectivity index (χ4n) is 2.12. The van der Waals surface area contributed by atoms with Gasteiger partial charge in [0, 0.05) is 12.1 Å². The third kappa shape index (κ3) is 3.05. The molecule has 19 heavy (non-hydrogen) atoms. The van der Waals surface area contributed by atoms with Crippen LogP contribution in [-0.4, -0.2) is 24.1 Å². The molecule has 1 aliphatic rings. The number of carbonyl (C=O) groups excluding carboxylic acids is 1. The Morgan fingerprint density at radius 3 is 2.74 bits per heavy atom. The van der Waals surface area contributed by atoms with Crippen LogP contribution in [0.4, 0.5) is 0 Å². The predicted molar refractivity (Wildman–Crippen MR) is 68.8 cm³/mol. The van der Waals surface area contributed by atoms with Crippen LogP contribution in [0.2, 0.25) is 0 Å². The molecular formula is C14H17NO4. The van der Waals surface area contributed by atoms with Crippen molar-refractivity contribution >= 4 is 11.9 Å². The summed E-state index contributed by atoms with van der Waals surface area (Å²) in [5.41, 5.74) is 1.98. The summed E-state index contributed by atoms with van der Waals surface area (Å²) in [7, 11) is 1.58. The van der Waals surface area contributed by atoms with Crippen LogP contribution in [0.25, 0.3) is 0 Å². The molecular weight excluding hydrogens is 246 g/mol. The van der Waals surface area contributed by atoms with Crippen LogP contribution < -0.4 is 10.1 Å². The monoisotopic (exact) mass is 263 g/mol. The van der Waals surface area contributed by atoms with E-state index in [1.165, 1.54) is 0 Å². The second-order valence-electron chi connectivity index (χ2n) is 4.82. The van der Waals surface area contributed by atoms with Gasteiger partial charge in [-0.25, -0.2) is 0 Å². The average molecular weight is 263 g/mol. The second kappa shape index (κ2) is 5.30. The molecule has 0 spiro atoms. The molecule has 0 radical (unpaired) electrons. The SMILES string of the molecule is COc1ccc(C)cc1CNC(=O)C1CC1C(=O)O. The fraction of sp³-hybridized carbons (Fsp3) is 0.429. The second-order valence-corrected chi connectivity index (χ2v) is 4.82. The van der Waals surface area contributed by atoms with Gasteiger partial charge in [0.05, 0.1) is 18.9 Å². The zero-order valence-electron chi connectivity index (χ0n) is 11.0. The average Bonchev–Trinajstić information content (AvgIpc) is 3.16. The number of carbonyl (C=O) groups is 2. The van der Waals surface area contributed by atoms with E-state index in [4.69, 9.17) is 9.84 Å². The molecule has 102 valence electrons. The lowest BCUT2D eigenvalue weighted by Gasteiger charge is -2.10. The highest BCUT2D eigenvalue weighted by atomic mass is 16.5. The molecule has 1 amide bonds. The molecule has 0 aliphatic heterocycles. The first-order chi connectivity index (χ1) is 9.02.